The predicted octanol–water partition coefficient (Wildman–Crippen LogP) is 2.64. The molecule has 19 heavy (non-hydrogen) atoms. The molecule has 0 radical (unpaired) electrons. The number of rotatable bonds is 3. The van der Waals surface area contributed by atoms with Gasteiger partial charge in [-0.1, -0.05) is 19.1 Å². The largest absolute Gasteiger partial charge is 0.338 e. The van der Waals surface area contributed by atoms with Crippen molar-refractivity contribution in [2.45, 2.75) is 18.2 Å². The lowest BCUT2D eigenvalue weighted by Gasteiger charge is -2.23. The number of amides is 1. The molecule has 1 fully saturated rings. The van der Waals surface area contributed by atoms with Gasteiger partial charge in [0.2, 0.25) is 0 Å². The molecule has 1 amide bonds. The van der Waals surface area contributed by atoms with Crippen LogP contribution in [0, 0.1) is 5.41 Å². The molecule has 1 aliphatic heterocycles. The van der Waals surface area contributed by atoms with E-state index in [0.29, 0.717) is 6.54 Å². The van der Waals surface area contributed by atoms with E-state index in [1.54, 1.807) is 11.8 Å². The van der Waals surface area contributed by atoms with Gasteiger partial charge in [-0.2, -0.15) is 0 Å². The fourth-order valence-corrected chi connectivity index (χ4v) is 2.95. The SMILES string of the molecule is CSc1ccccc1C(=O)N1CCC(C)(CN)C1.Cl. The van der Waals surface area contributed by atoms with E-state index in [9.17, 15) is 4.79 Å². The van der Waals surface area contributed by atoms with Gasteiger partial charge < -0.3 is 10.6 Å². The van der Waals surface area contributed by atoms with Crippen LogP contribution in [0.5, 0.6) is 0 Å². The quantitative estimate of drug-likeness (QED) is 0.873. The molecule has 106 valence electrons. The molecule has 5 heteroatoms. The van der Waals surface area contributed by atoms with Crippen molar-refractivity contribution in [2.75, 3.05) is 25.9 Å². The fraction of sp³-hybridized carbons (Fsp3) is 0.500. The van der Waals surface area contributed by atoms with E-state index < -0.39 is 0 Å². The van der Waals surface area contributed by atoms with Crippen LogP contribution >= 0.6 is 24.2 Å². The van der Waals surface area contributed by atoms with Gasteiger partial charge in [0.25, 0.3) is 5.91 Å². The van der Waals surface area contributed by atoms with Gasteiger partial charge in [0.05, 0.1) is 5.56 Å². The zero-order chi connectivity index (χ0) is 13.2. The van der Waals surface area contributed by atoms with E-state index in [2.05, 4.69) is 6.92 Å². The molecule has 0 bridgehead atoms. The van der Waals surface area contributed by atoms with Crippen molar-refractivity contribution >= 4 is 30.1 Å². The molecule has 1 heterocycles. The van der Waals surface area contributed by atoms with Crippen LogP contribution in [0.3, 0.4) is 0 Å². The number of hydrogen-bond donors (Lipinski definition) is 1. The Morgan fingerprint density at radius 2 is 2.16 bits per heavy atom. The maximum Gasteiger partial charge on any atom is 0.255 e. The first kappa shape index (κ1) is 16.3. The molecule has 1 aliphatic rings. The summed E-state index contributed by atoms with van der Waals surface area (Å²) >= 11 is 1.62. The number of hydrogen-bond acceptors (Lipinski definition) is 3. The predicted molar refractivity (Wildman–Crippen MR) is 83.2 cm³/mol. The summed E-state index contributed by atoms with van der Waals surface area (Å²) in [5.74, 6) is 0.136. The van der Waals surface area contributed by atoms with Crippen molar-refractivity contribution in [3.05, 3.63) is 29.8 Å². The van der Waals surface area contributed by atoms with E-state index in [1.807, 2.05) is 35.4 Å². The van der Waals surface area contributed by atoms with Gasteiger partial charge in [-0.25, -0.2) is 0 Å². The standard InChI is InChI=1S/C14H20N2OS.ClH/c1-14(9-15)7-8-16(10-14)13(17)11-5-3-4-6-12(11)18-2;/h3-6H,7-10,15H2,1-2H3;1H. The number of thioether (sulfide) groups is 1. The average Bonchev–Trinajstić information content (AvgIpc) is 2.81. The summed E-state index contributed by atoms with van der Waals surface area (Å²) < 4.78 is 0. The van der Waals surface area contributed by atoms with Crippen LogP contribution in [0.1, 0.15) is 23.7 Å². The van der Waals surface area contributed by atoms with E-state index in [4.69, 9.17) is 5.73 Å². The summed E-state index contributed by atoms with van der Waals surface area (Å²) in [5, 5.41) is 0. The summed E-state index contributed by atoms with van der Waals surface area (Å²) in [4.78, 5) is 15.5. The van der Waals surface area contributed by atoms with E-state index in [-0.39, 0.29) is 23.7 Å². The van der Waals surface area contributed by atoms with Crippen LogP contribution in [0.15, 0.2) is 29.2 Å². The number of nitrogens with zero attached hydrogens (tertiary/aromatic N) is 1. The second-order valence-electron chi connectivity index (χ2n) is 5.19. The Hall–Kier alpha value is -0.710. The van der Waals surface area contributed by atoms with Gasteiger partial charge in [-0.15, -0.1) is 24.2 Å². The minimum absolute atomic E-state index is 0. The molecule has 0 saturated carbocycles. The summed E-state index contributed by atoms with van der Waals surface area (Å²) in [6, 6.07) is 7.80. The van der Waals surface area contributed by atoms with Gasteiger partial charge in [0.1, 0.15) is 0 Å². The Labute approximate surface area is 125 Å². The highest BCUT2D eigenvalue weighted by atomic mass is 35.5. The molecule has 0 spiro atoms. The normalized spacial score (nSPS) is 22.2. The Kier molecular flexibility index (Phi) is 5.71. The van der Waals surface area contributed by atoms with Gasteiger partial charge in [-0.05, 0) is 36.8 Å². The average molecular weight is 301 g/mol. The molecule has 2 rings (SSSR count). The third-order valence-corrected chi connectivity index (χ3v) is 4.47. The molecule has 1 saturated heterocycles. The lowest BCUT2D eigenvalue weighted by molar-refractivity contribution is 0.0773. The van der Waals surface area contributed by atoms with Crippen molar-refractivity contribution in [2.24, 2.45) is 11.1 Å². The van der Waals surface area contributed by atoms with Gasteiger partial charge in [-0.3, -0.25) is 4.79 Å². The first-order chi connectivity index (χ1) is 8.59. The zero-order valence-electron chi connectivity index (χ0n) is 11.4. The van der Waals surface area contributed by atoms with E-state index in [0.717, 1.165) is 30.0 Å². The highest BCUT2D eigenvalue weighted by molar-refractivity contribution is 7.98. The molecule has 1 aromatic rings. The van der Waals surface area contributed by atoms with Gasteiger partial charge in [0, 0.05) is 18.0 Å². The molecule has 3 nitrogen and oxygen atoms in total. The van der Waals surface area contributed by atoms with Crippen LogP contribution in [0.25, 0.3) is 0 Å². The highest BCUT2D eigenvalue weighted by Crippen LogP contribution is 2.31. The topological polar surface area (TPSA) is 46.3 Å². The molecule has 1 aromatic carbocycles. The monoisotopic (exact) mass is 300 g/mol. The second kappa shape index (κ2) is 6.64. The number of carbonyl (C=O) groups is 1. The minimum Gasteiger partial charge on any atom is -0.338 e. The van der Waals surface area contributed by atoms with E-state index >= 15 is 0 Å². The Balaban J connectivity index is 0.00000180. The number of nitrogens with two attached hydrogens (primary N) is 1. The number of benzene rings is 1. The van der Waals surface area contributed by atoms with Gasteiger partial charge >= 0.3 is 0 Å². The first-order valence-electron chi connectivity index (χ1n) is 6.22. The summed E-state index contributed by atoms with van der Waals surface area (Å²) in [5.41, 5.74) is 6.68. The first-order valence-corrected chi connectivity index (χ1v) is 7.44. The van der Waals surface area contributed by atoms with Crippen molar-refractivity contribution in [1.29, 1.82) is 0 Å². The van der Waals surface area contributed by atoms with E-state index in [1.165, 1.54) is 0 Å². The van der Waals surface area contributed by atoms with Crippen molar-refractivity contribution in [1.82, 2.24) is 4.90 Å². The highest BCUT2D eigenvalue weighted by Gasteiger charge is 2.35. The van der Waals surface area contributed by atoms with Crippen molar-refractivity contribution in [3.8, 4) is 0 Å². The van der Waals surface area contributed by atoms with Gasteiger partial charge in [0.15, 0.2) is 0 Å². The maximum atomic E-state index is 12.5. The number of halogens is 1. The smallest absolute Gasteiger partial charge is 0.255 e. The van der Waals surface area contributed by atoms with Crippen molar-refractivity contribution < 1.29 is 4.79 Å². The van der Waals surface area contributed by atoms with Crippen LogP contribution in [0.2, 0.25) is 0 Å². The second-order valence-corrected chi connectivity index (χ2v) is 6.04. The Morgan fingerprint density at radius 3 is 2.74 bits per heavy atom. The summed E-state index contributed by atoms with van der Waals surface area (Å²) in [6.45, 7) is 4.38. The lowest BCUT2D eigenvalue weighted by Crippen LogP contribution is -2.34. The molecule has 1 atom stereocenters. The molecular formula is C14H21ClN2OS. The van der Waals surface area contributed by atoms with Crippen molar-refractivity contribution in [3.63, 3.8) is 0 Å². The molecular weight excluding hydrogens is 280 g/mol. The number of likely N-dealkylation sites (tertiary alicyclic amines) is 1. The summed E-state index contributed by atoms with van der Waals surface area (Å²) in [6.07, 6.45) is 3.00. The summed E-state index contributed by atoms with van der Waals surface area (Å²) in [7, 11) is 0. The fourth-order valence-electron chi connectivity index (χ4n) is 2.36. The Morgan fingerprint density at radius 1 is 1.47 bits per heavy atom. The van der Waals surface area contributed by atoms with Crippen LogP contribution in [-0.2, 0) is 0 Å². The lowest BCUT2D eigenvalue weighted by atomic mass is 9.90. The van der Waals surface area contributed by atoms with Crippen LogP contribution in [0.4, 0.5) is 0 Å². The van der Waals surface area contributed by atoms with Crippen LogP contribution in [-0.4, -0.2) is 36.7 Å². The zero-order valence-corrected chi connectivity index (χ0v) is 13.0. The minimum atomic E-state index is 0. The number of carbonyl (C=O) groups excluding carboxylic acids is 1. The molecule has 0 aliphatic carbocycles. The molecule has 2 N–H and O–H groups in total. The molecule has 0 aromatic heterocycles. The molecule has 1 unspecified atom stereocenters. The Bertz CT molecular complexity index is 455. The van der Waals surface area contributed by atoms with Crippen LogP contribution < -0.4 is 5.73 Å². The third-order valence-electron chi connectivity index (χ3n) is 3.68. The maximum absolute atomic E-state index is 12.5. The third kappa shape index (κ3) is 3.44.